The van der Waals surface area contributed by atoms with Crippen LogP contribution >= 0.6 is 0 Å². The van der Waals surface area contributed by atoms with E-state index in [2.05, 4.69) is 18.7 Å². The Morgan fingerprint density at radius 1 is 1.03 bits per heavy atom. The molecule has 0 bridgehead atoms. The van der Waals surface area contributed by atoms with Gasteiger partial charge in [0.25, 0.3) is 0 Å². The van der Waals surface area contributed by atoms with Gasteiger partial charge in [-0.2, -0.15) is 4.31 Å². The highest BCUT2D eigenvalue weighted by Gasteiger charge is 2.37. The highest BCUT2D eigenvalue weighted by molar-refractivity contribution is 7.89. The van der Waals surface area contributed by atoms with E-state index >= 15 is 0 Å². The minimum absolute atomic E-state index is 0.0383. The number of benzene rings is 1. The van der Waals surface area contributed by atoms with Crippen LogP contribution in [0.3, 0.4) is 0 Å². The average molecular weight is 494 g/mol. The summed E-state index contributed by atoms with van der Waals surface area (Å²) in [5.74, 6) is 0.0745. The van der Waals surface area contributed by atoms with Crippen molar-refractivity contribution < 1.29 is 22.7 Å². The van der Waals surface area contributed by atoms with Crippen molar-refractivity contribution in [2.75, 3.05) is 46.4 Å². The number of carbonyl (C=O) groups is 2. The summed E-state index contributed by atoms with van der Waals surface area (Å²) in [7, 11) is -2.19. The highest BCUT2D eigenvalue weighted by atomic mass is 32.2. The minimum atomic E-state index is -3.75. The second kappa shape index (κ2) is 11.7. The fourth-order valence-corrected chi connectivity index (χ4v) is 6.67. The Kier molecular flexibility index (Phi) is 9.26. The van der Waals surface area contributed by atoms with Crippen molar-refractivity contribution in [2.24, 2.45) is 5.92 Å². The first-order chi connectivity index (χ1) is 16.1. The maximum atomic E-state index is 13.5. The smallest absolute Gasteiger partial charge is 0.243 e. The molecule has 2 aliphatic rings. The molecule has 0 atom stereocenters. The molecule has 0 spiro atoms. The van der Waals surface area contributed by atoms with E-state index in [-0.39, 0.29) is 35.1 Å². The Balaban J connectivity index is 1.65. The van der Waals surface area contributed by atoms with E-state index < -0.39 is 10.0 Å². The number of Topliss-reactive ketones (excluding diaryl/α,β-unsaturated/α-hetero) is 1. The predicted octanol–water partition coefficient (Wildman–Crippen LogP) is 2.64. The summed E-state index contributed by atoms with van der Waals surface area (Å²) in [4.78, 5) is 29.2. The Bertz CT molecular complexity index is 932. The molecule has 1 aliphatic carbocycles. The van der Waals surface area contributed by atoms with Gasteiger partial charge in [-0.1, -0.05) is 12.1 Å². The number of ether oxygens (including phenoxy) is 1. The molecule has 0 radical (unpaired) electrons. The molecule has 0 aromatic heterocycles. The summed E-state index contributed by atoms with van der Waals surface area (Å²) < 4.78 is 33.7. The molecule has 1 saturated carbocycles. The molecule has 0 N–H and O–H groups in total. The van der Waals surface area contributed by atoms with Gasteiger partial charge in [0, 0.05) is 63.4 Å². The highest BCUT2D eigenvalue weighted by Crippen LogP contribution is 2.32. The lowest BCUT2D eigenvalue weighted by molar-refractivity contribution is -0.138. The molecule has 1 amide bonds. The molecule has 190 valence electrons. The van der Waals surface area contributed by atoms with Gasteiger partial charge in [0.1, 0.15) is 0 Å². The Labute approximate surface area is 204 Å². The summed E-state index contributed by atoms with van der Waals surface area (Å²) in [6.07, 6.45) is 2.68. The van der Waals surface area contributed by atoms with Crippen molar-refractivity contribution in [3.8, 4) is 0 Å². The number of nitrogens with zero attached hydrogens (tertiary/aromatic N) is 3. The number of hydrogen-bond donors (Lipinski definition) is 0. The number of hydrogen-bond acceptors (Lipinski definition) is 6. The van der Waals surface area contributed by atoms with Crippen molar-refractivity contribution in [3.63, 3.8) is 0 Å². The van der Waals surface area contributed by atoms with E-state index in [1.807, 2.05) is 4.90 Å². The topological polar surface area (TPSA) is 87.2 Å². The number of methoxy groups -OCH3 is 1. The number of piperazine rings is 1. The van der Waals surface area contributed by atoms with Crippen LogP contribution in [0.4, 0.5) is 0 Å². The van der Waals surface area contributed by atoms with Crippen LogP contribution in [0, 0.1) is 5.92 Å². The summed E-state index contributed by atoms with van der Waals surface area (Å²) in [5.41, 5.74) is 0.482. The minimum Gasteiger partial charge on any atom is -0.383 e. The van der Waals surface area contributed by atoms with E-state index in [9.17, 15) is 18.0 Å². The molecule has 34 heavy (non-hydrogen) atoms. The van der Waals surface area contributed by atoms with Crippen molar-refractivity contribution >= 4 is 21.7 Å². The van der Waals surface area contributed by atoms with E-state index in [4.69, 9.17) is 4.74 Å². The average Bonchev–Trinajstić information content (AvgIpc) is 2.84. The normalized spacial score (nSPS) is 22.4. The zero-order chi connectivity index (χ0) is 24.9. The molecular formula is C25H39N3O5S. The number of amides is 1. The number of ketones is 1. The maximum Gasteiger partial charge on any atom is 0.243 e. The maximum absolute atomic E-state index is 13.5. The summed E-state index contributed by atoms with van der Waals surface area (Å²) in [5, 5.41) is 0. The van der Waals surface area contributed by atoms with Gasteiger partial charge in [-0.3, -0.25) is 14.5 Å². The van der Waals surface area contributed by atoms with Crippen LogP contribution in [0.25, 0.3) is 0 Å². The molecular weight excluding hydrogens is 454 g/mol. The Morgan fingerprint density at radius 3 is 2.12 bits per heavy atom. The number of rotatable bonds is 9. The van der Waals surface area contributed by atoms with E-state index in [1.165, 1.54) is 23.4 Å². The van der Waals surface area contributed by atoms with Gasteiger partial charge in [0.15, 0.2) is 5.78 Å². The number of sulfonamides is 1. The third-order valence-corrected chi connectivity index (χ3v) is 9.16. The van der Waals surface area contributed by atoms with Gasteiger partial charge >= 0.3 is 0 Å². The zero-order valence-electron chi connectivity index (χ0n) is 20.9. The Morgan fingerprint density at radius 2 is 1.62 bits per heavy atom. The fraction of sp³-hybridized carbons (Fsp3) is 0.680. The lowest BCUT2D eigenvalue weighted by Gasteiger charge is -2.40. The van der Waals surface area contributed by atoms with Gasteiger partial charge in [-0.15, -0.1) is 0 Å². The quantitative estimate of drug-likeness (QED) is 0.492. The Hall–Kier alpha value is -1.81. The largest absolute Gasteiger partial charge is 0.383 e. The standard InChI is InChI=1S/C25H39N3O5S/c1-19(2)26-13-15-27(16-14-26)25(30)22-5-9-23(10-6-22)28(17-18-33-4)34(31,32)24-11-7-21(8-12-24)20(3)29/h7-8,11-12,19,22-23H,5-6,9-10,13-18H2,1-4H3. The van der Waals surface area contributed by atoms with Gasteiger partial charge < -0.3 is 9.64 Å². The molecule has 1 aliphatic heterocycles. The molecule has 1 saturated heterocycles. The van der Waals surface area contributed by atoms with Gasteiger partial charge in [-0.25, -0.2) is 8.42 Å². The monoisotopic (exact) mass is 493 g/mol. The second-order valence-corrected chi connectivity index (χ2v) is 11.5. The molecule has 0 unspecified atom stereocenters. The lowest BCUT2D eigenvalue weighted by Crippen LogP contribution is -2.52. The molecule has 2 fully saturated rings. The SMILES string of the molecule is COCCN(C1CCC(C(=O)N2CCN(C(C)C)CC2)CC1)S(=O)(=O)c1ccc(C(C)=O)cc1. The fourth-order valence-electron chi connectivity index (χ4n) is 5.00. The van der Waals surface area contributed by atoms with Crippen LogP contribution in [0.2, 0.25) is 0 Å². The third kappa shape index (κ3) is 6.24. The summed E-state index contributed by atoms with van der Waals surface area (Å²) >= 11 is 0. The van der Waals surface area contributed by atoms with E-state index in [0.29, 0.717) is 43.9 Å². The third-order valence-electron chi connectivity index (χ3n) is 7.19. The summed E-state index contributed by atoms with van der Waals surface area (Å²) in [6.45, 7) is 9.72. The number of carbonyl (C=O) groups excluding carboxylic acids is 2. The van der Waals surface area contributed by atoms with Crippen LogP contribution in [0.5, 0.6) is 0 Å². The lowest BCUT2D eigenvalue weighted by atomic mass is 9.85. The van der Waals surface area contributed by atoms with Crippen LogP contribution in [0.1, 0.15) is 56.8 Å². The van der Waals surface area contributed by atoms with Gasteiger partial charge in [-0.05, 0) is 58.6 Å². The first-order valence-electron chi connectivity index (χ1n) is 12.3. The molecule has 1 aromatic rings. The van der Waals surface area contributed by atoms with E-state index in [0.717, 1.165) is 26.2 Å². The molecule has 9 heteroatoms. The van der Waals surface area contributed by atoms with Crippen LogP contribution in [0.15, 0.2) is 29.2 Å². The second-order valence-electron chi connectivity index (χ2n) is 9.65. The van der Waals surface area contributed by atoms with Crippen LogP contribution in [-0.4, -0.2) is 92.7 Å². The van der Waals surface area contributed by atoms with Gasteiger partial charge in [0.2, 0.25) is 15.9 Å². The first kappa shape index (κ1) is 26.8. The summed E-state index contributed by atoms with van der Waals surface area (Å²) in [6, 6.07) is 6.42. The van der Waals surface area contributed by atoms with Crippen molar-refractivity contribution in [2.45, 2.75) is 63.4 Å². The van der Waals surface area contributed by atoms with Crippen molar-refractivity contribution in [1.29, 1.82) is 0 Å². The molecule has 3 rings (SSSR count). The molecule has 8 nitrogen and oxygen atoms in total. The predicted molar refractivity (Wildman–Crippen MR) is 131 cm³/mol. The first-order valence-corrected chi connectivity index (χ1v) is 13.7. The van der Waals surface area contributed by atoms with Crippen LogP contribution < -0.4 is 0 Å². The van der Waals surface area contributed by atoms with E-state index in [1.54, 1.807) is 19.2 Å². The van der Waals surface area contributed by atoms with Crippen LogP contribution in [-0.2, 0) is 19.6 Å². The van der Waals surface area contributed by atoms with Crippen molar-refractivity contribution in [1.82, 2.24) is 14.1 Å². The zero-order valence-corrected chi connectivity index (χ0v) is 21.7. The molecule has 1 aromatic carbocycles. The van der Waals surface area contributed by atoms with Gasteiger partial charge in [0.05, 0.1) is 11.5 Å². The molecule has 1 heterocycles. The van der Waals surface area contributed by atoms with Crippen molar-refractivity contribution in [3.05, 3.63) is 29.8 Å².